The Labute approximate surface area is 125 Å². The highest BCUT2D eigenvalue weighted by atomic mass is 79.9. The summed E-state index contributed by atoms with van der Waals surface area (Å²) >= 11 is 3.60. The molecule has 1 aromatic rings. The molecule has 0 radical (unpaired) electrons. The Balaban J connectivity index is 1.82. The van der Waals surface area contributed by atoms with Crippen LogP contribution in [0.5, 0.6) is 5.75 Å². The van der Waals surface area contributed by atoms with Crippen LogP contribution in [-0.4, -0.2) is 19.2 Å². The van der Waals surface area contributed by atoms with Crippen molar-refractivity contribution >= 4 is 15.9 Å². The molecule has 0 saturated carbocycles. The van der Waals surface area contributed by atoms with Crippen LogP contribution in [0.1, 0.15) is 51.0 Å². The van der Waals surface area contributed by atoms with Crippen LogP contribution in [0.2, 0.25) is 0 Å². The van der Waals surface area contributed by atoms with E-state index in [9.17, 15) is 0 Å². The van der Waals surface area contributed by atoms with E-state index in [2.05, 4.69) is 53.3 Å². The van der Waals surface area contributed by atoms with Gasteiger partial charge in [-0.25, -0.2) is 0 Å². The molecule has 1 atom stereocenters. The average Bonchev–Trinajstić information content (AvgIpc) is 2.41. The molecule has 1 aliphatic heterocycles. The molecular weight excluding hydrogens is 302 g/mol. The lowest BCUT2D eigenvalue weighted by atomic mass is 10.0. The van der Waals surface area contributed by atoms with Gasteiger partial charge in [0.05, 0.1) is 11.1 Å². The lowest BCUT2D eigenvalue weighted by molar-refractivity contribution is 0.267. The summed E-state index contributed by atoms with van der Waals surface area (Å²) in [6.45, 7) is 6.36. The zero-order valence-electron chi connectivity index (χ0n) is 11.9. The number of benzene rings is 1. The molecule has 1 aromatic carbocycles. The van der Waals surface area contributed by atoms with Gasteiger partial charge in [-0.15, -0.1) is 0 Å². The van der Waals surface area contributed by atoms with E-state index >= 15 is 0 Å². The first-order valence-electron chi connectivity index (χ1n) is 7.32. The van der Waals surface area contributed by atoms with Crippen molar-refractivity contribution in [2.45, 2.75) is 51.5 Å². The summed E-state index contributed by atoms with van der Waals surface area (Å²) in [5.41, 5.74) is 1.34. The molecule has 3 heteroatoms. The number of hydrogen-bond acceptors (Lipinski definition) is 2. The van der Waals surface area contributed by atoms with Gasteiger partial charge in [-0.2, -0.15) is 0 Å². The van der Waals surface area contributed by atoms with Crippen LogP contribution in [0.25, 0.3) is 0 Å². The van der Waals surface area contributed by atoms with Crippen LogP contribution in [-0.2, 0) is 0 Å². The van der Waals surface area contributed by atoms with Gasteiger partial charge in [0.2, 0.25) is 0 Å². The predicted octanol–water partition coefficient (Wildman–Crippen LogP) is 4.48. The first kappa shape index (κ1) is 14.9. The molecule has 1 fully saturated rings. The van der Waals surface area contributed by atoms with Gasteiger partial charge in [0.1, 0.15) is 5.75 Å². The normalized spacial score (nSPS) is 19.7. The Kier molecular flexibility index (Phi) is 5.71. The van der Waals surface area contributed by atoms with Gasteiger partial charge < -0.3 is 10.1 Å². The maximum absolute atomic E-state index is 5.89. The predicted molar refractivity (Wildman–Crippen MR) is 84.0 cm³/mol. The molecular formula is C16H24BrNO. The van der Waals surface area contributed by atoms with Crippen molar-refractivity contribution in [1.29, 1.82) is 0 Å². The standard InChI is InChI=1S/C16H24BrNO/c1-12(2)13-6-7-16(15(17)11-13)19-10-8-14-5-3-4-9-18-14/h6-7,11-12,14,18H,3-5,8-10H2,1-2H3/t14-/m0/s1. The summed E-state index contributed by atoms with van der Waals surface area (Å²) in [5.74, 6) is 1.51. The van der Waals surface area contributed by atoms with Gasteiger partial charge in [0, 0.05) is 6.04 Å². The van der Waals surface area contributed by atoms with Crippen molar-refractivity contribution in [1.82, 2.24) is 5.32 Å². The molecule has 106 valence electrons. The third-order valence-corrected chi connectivity index (χ3v) is 4.38. The highest BCUT2D eigenvalue weighted by Gasteiger charge is 2.12. The van der Waals surface area contributed by atoms with Gasteiger partial charge in [0.15, 0.2) is 0 Å². The molecule has 0 aromatic heterocycles. The topological polar surface area (TPSA) is 21.3 Å². The summed E-state index contributed by atoms with van der Waals surface area (Å²) in [6.07, 6.45) is 5.05. The van der Waals surface area contributed by atoms with E-state index in [1.165, 1.54) is 24.8 Å². The Hall–Kier alpha value is -0.540. The van der Waals surface area contributed by atoms with Crippen LogP contribution < -0.4 is 10.1 Å². The minimum atomic E-state index is 0.553. The number of nitrogens with one attached hydrogen (secondary N) is 1. The molecule has 0 aliphatic carbocycles. The molecule has 1 N–H and O–H groups in total. The van der Waals surface area contributed by atoms with Gasteiger partial charge >= 0.3 is 0 Å². The number of piperidine rings is 1. The average molecular weight is 326 g/mol. The minimum absolute atomic E-state index is 0.553. The molecule has 2 rings (SSSR count). The summed E-state index contributed by atoms with van der Waals surface area (Å²) in [7, 11) is 0. The fourth-order valence-electron chi connectivity index (χ4n) is 2.47. The van der Waals surface area contributed by atoms with E-state index in [0.717, 1.165) is 29.8 Å². The molecule has 0 amide bonds. The lowest BCUT2D eigenvalue weighted by Gasteiger charge is -2.23. The zero-order valence-corrected chi connectivity index (χ0v) is 13.5. The van der Waals surface area contributed by atoms with E-state index in [-0.39, 0.29) is 0 Å². The first-order valence-corrected chi connectivity index (χ1v) is 8.11. The fourth-order valence-corrected chi connectivity index (χ4v) is 2.99. The minimum Gasteiger partial charge on any atom is -0.492 e. The zero-order chi connectivity index (χ0) is 13.7. The summed E-state index contributed by atoms with van der Waals surface area (Å²) in [6, 6.07) is 7.04. The molecule has 1 aliphatic rings. The van der Waals surface area contributed by atoms with Crippen LogP contribution in [0.3, 0.4) is 0 Å². The largest absolute Gasteiger partial charge is 0.492 e. The van der Waals surface area contributed by atoms with Crippen molar-refractivity contribution in [2.75, 3.05) is 13.2 Å². The van der Waals surface area contributed by atoms with Crippen molar-refractivity contribution in [3.8, 4) is 5.75 Å². The Bertz CT molecular complexity index is 400. The van der Waals surface area contributed by atoms with E-state index in [1.807, 2.05) is 0 Å². The number of halogens is 1. The molecule has 1 saturated heterocycles. The van der Waals surface area contributed by atoms with E-state index in [4.69, 9.17) is 4.74 Å². The molecule has 19 heavy (non-hydrogen) atoms. The molecule has 0 unspecified atom stereocenters. The Morgan fingerprint density at radius 1 is 1.37 bits per heavy atom. The fraction of sp³-hybridized carbons (Fsp3) is 0.625. The lowest BCUT2D eigenvalue weighted by Crippen LogP contribution is -2.35. The molecule has 0 bridgehead atoms. The molecule has 0 spiro atoms. The van der Waals surface area contributed by atoms with Crippen LogP contribution in [0, 0.1) is 0 Å². The van der Waals surface area contributed by atoms with Gasteiger partial charge in [-0.1, -0.05) is 26.3 Å². The van der Waals surface area contributed by atoms with Crippen molar-refractivity contribution in [2.24, 2.45) is 0 Å². The second-order valence-corrected chi connectivity index (χ2v) is 6.48. The van der Waals surface area contributed by atoms with Gasteiger partial charge in [-0.05, 0) is 65.4 Å². The highest BCUT2D eigenvalue weighted by molar-refractivity contribution is 9.10. The third kappa shape index (κ3) is 4.50. The second-order valence-electron chi connectivity index (χ2n) is 5.63. The third-order valence-electron chi connectivity index (χ3n) is 3.76. The number of rotatable bonds is 5. The smallest absolute Gasteiger partial charge is 0.133 e. The first-order chi connectivity index (χ1) is 9.16. The van der Waals surface area contributed by atoms with E-state index in [1.54, 1.807) is 0 Å². The van der Waals surface area contributed by atoms with E-state index < -0.39 is 0 Å². The SMILES string of the molecule is CC(C)c1ccc(OCC[C@@H]2CCCCN2)c(Br)c1. The van der Waals surface area contributed by atoms with Crippen molar-refractivity contribution in [3.63, 3.8) is 0 Å². The maximum Gasteiger partial charge on any atom is 0.133 e. The van der Waals surface area contributed by atoms with Gasteiger partial charge in [0.25, 0.3) is 0 Å². The summed E-state index contributed by atoms with van der Waals surface area (Å²) in [4.78, 5) is 0. The summed E-state index contributed by atoms with van der Waals surface area (Å²) < 4.78 is 6.95. The Morgan fingerprint density at radius 3 is 2.84 bits per heavy atom. The number of ether oxygens (including phenoxy) is 1. The molecule has 2 nitrogen and oxygen atoms in total. The molecule has 1 heterocycles. The summed E-state index contributed by atoms with van der Waals surface area (Å²) in [5, 5.41) is 3.55. The number of hydrogen-bond donors (Lipinski definition) is 1. The highest BCUT2D eigenvalue weighted by Crippen LogP contribution is 2.29. The maximum atomic E-state index is 5.89. The van der Waals surface area contributed by atoms with E-state index in [0.29, 0.717) is 12.0 Å². The van der Waals surface area contributed by atoms with Crippen molar-refractivity contribution < 1.29 is 4.74 Å². The second kappa shape index (κ2) is 7.30. The van der Waals surface area contributed by atoms with Crippen LogP contribution in [0.4, 0.5) is 0 Å². The monoisotopic (exact) mass is 325 g/mol. The Morgan fingerprint density at radius 2 is 2.21 bits per heavy atom. The van der Waals surface area contributed by atoms with Gasteiger partial charge in [-0.3, -0.25) is 0 Å². The van der Waals surface area contributed by atoms with Crippen LogP contribution >= 0.6 is 15.9 Å². The van der Waals surface area contributed by atoms with Crippen molar-refractivity contribution in [3.05, 3.63) is 28.2 Å². The quantitative estimate of drug-likeness (QED) is 0.861. The van der Waals surface area contributed by atoms with Crippen LogP contribution in [0.15, 0.2) is 22.7 Å².